The van der Waals surface area contributed by atoms with E-state index in [-0.39, 0.29) is 6.42 Å². The molecular formula is C15H18O4. The molecule has 0 radical (unpaired) electrons. The minimum atomic E-state index is -2.01. The van der Waals surface area contributed by atoms with E-state index in [2.05, 4.69) is 11.3 Å². The highest BCUT2D eigenvalue weighted by Crippen LogP contribution is 2.20. The summed E-state index contributed by atoms with van der Waals surface area (Å²) in [5.41, 5.74) is -1.16. The predicted molar refractivity (Wildman–Crippen MR) is 73.3 cm³/mol. The number of benzene rings is 1. The Labute approximate surface area is 112 Å². The molecule has 4 nitrogen and oxygen atoms in total. The molecule has 0 aliphatic heterocycles. The Bertz CT molecular complexity index is 452. The van der Waals surface area contributed by atoms with Gasteiger partial charge in [-0.15, -0.1) is 6.58 Å². The molecule has 1 rings (SSSR count). The highest BCUT2D eigenvalue weighted by atomic mass is 16.5. The van der Waals surface area contributed by atoms with E-state index in [1.165, 1.54) is 12.2 Å². The summed E-state index contributed by atoms with van der Waals surface area (Å²) in [6.45, 7) is 3.46. The van der Waals surface area contributed by atoms with Gasteiger partial charge in [-0.25, -0.2) is 4.79 Å². The van der Waals surface area contributed by atoms with Gasteiger partial charge in [0.2, 0.25) is 0 Å². The first-order valence-electron chi connectivity index (χ1n) is 5.87. The zero-order valence-corrected chi connectivity index (χ0v) is 10.8. The van der Waals surface area contributed by atoms with Gasteiger partial charge in [0.15, 0.2) is 5.60 Å². The van der Waals surface area contributed by atoms with Crippen LogP contribution in [0.15, 0.2) is 49.1 Å². The minimum Gasteiger partial charge on any atom is -0.467 e. The third-order valence-electron chi connectivity index (χ3n) is 2.75. The van der Waals surface area contributed by atoms with Crippen molar-refractivity contribution in [3.05, 3.63) is 54.6 Å². The molecule has 1 aromatic rings. The smallest absolute Gasteiger partial charge is 0.341 e. The molecule has 0 bridgehead atoms. The molecule has 0 aliphatic rings. The number of methoxy groups -OCH3 is 1. The van der Waals surface area contributed by atoms with Crippen molar-refractivity contribution in [3.63, 3.8) is 0 Å². The van der Waals surface area contributed by atoms with Crippen LogP contribution >= 0.6 is 0 Å². The minimum absolute atomic E-state index is 0.0973. The van der Waals surface area contributed by atoms with Crippen molar-refractivity contribution >= 4 is 12.0 Å². The molecule has 2 atom stereocenters. The number of carbonyl (C=O) groups is 1. The van der Waals surface area contributed by atoms with Crippen LogP contribution in [-0.2, 0) is 9.53 Å². The van der Waals surface area contributed by atoms with E-state index in [0.717, 1.165) is 12.7 Å². The van der Waals surface area contributed by atoms with Crippen molar-refractivity contribution in [2.24, 2.45) is 0 Å². The van der Waals surface area contributed by atoms with E-state index >= 15 is 0 Å². The number of rotatable bonds is 6. The number of ether oxygens (including phenoxy) is 1. The topological polar surface area (TPSA) is 66.8 Å². The lowest BCUT2D eigenvalue weighted by Gasteiger charge is -2.27. The van der Waals surface area contributed by atoms with E-state index in [1.54, 1.807) is 6.08 Å². The molecule has 0 fully saturated rings. The Kier molecular flexibility index (Phi) is 5.48. The van der Waals surface area contributed by atoms with Crippen LogP contribution in [0.3, 0.4) is 0 Å². The third-order valence-corrected chi connectivity index (χ3v) is 2.75. The molecule has 0 saturated heterocycles. The van der Waals surface area contributed by atoms with Crippen LogP contribution in [-0.4, -0.2) is 35.0 Å². The van der Waals surface area contributed by atoms with Crippen LogP contribution in [0.1, 0.15) is 12.0 Å². The maximum Gasteiger partial charge on any atom is 0.341 e. The fourth-order valence-electron chi connectivity index (χ4n) is 1.65. The lowest BCUT2D eigenvalue weighted by Crippen LogP contribution is -2.49. The Morgan fingerprint density at radius 3 is 2.63 bits per heavy atom. The van der Waals surface area contributed by atoms with Gasteiger partial charge in [-0.2, -0.15) is 0 Å². The first-order chi connectivity index (χ1) is 9.04. The second kappa shape index (κ2) is 6.87. The summed E-state index contributed by atoms with van der Waals surface area (Å²) in [6, 6.07) is 9.25. The molecule has 0 heterocycles. The number of aliphatic hydroxyl groups is 2. The molecule has 4 heteroatoms. The van der Waals surface area contributed by atoms with Gasteiger partial charge in [-0.05, 0) is 5.56 Å². The van der Waals surface area contributed by atoms with Crippen LogP contribution in [0.4, 0.5) is 0 Å². The Morgan fingerprint density at radius 1 is 1.47 bits per heavy atom. The van der Waals surface area contributed by atoms with E-state index in [1.807, 2.05) is 30.3 Å². The van der Waals surface area contributed by atoms with E-state index in [4.69, 9.17) is 0 Å². The van der Waals surface area contributed by atoms with Gasteiger partial charge < -0.3 is 14.9 Å². The zero-order valence-electron chi connectivity index (χ0n) is 10.8. The molecule has 102 valence electrons. The van der Waals surface area contributed by atoms with Crippen LogP contribution in [0, 0.1) is 0 Å². The lowest BCUT2D eigenvalue weighted by molar-refractivity contribution is -0.171. The van der Waals surface area contributed by atoms with E-state index in [9.17, 15) is 15.0 Å². The summed E-state index contributed by atoms with van der Waals surface area (Å²) >= 11 is 0. The standard InChI is InChI=1S/C15H18O4/c1-3-11-15(18,14(17)19-2)13(16)10-9-12-7-5-4-6-8-12/h3-10,13,16,18H,1,11H2,2H3/b10-9+/t13-,15+/m0/s1. The predicted octanol–water partition coefficient (Wildman–Crippen LogP) is 1.54. The van der Waals surface area contributed by atoms with Gasteiger partial charge in [0.05, 0.1) is 7.11 Å². The lowest BCUT2D eigenvalue weighted by atomic mass is 9.92. The summed E-state index contributed by atoms with van der Waals surface area (Å²) in [7, 11) is 1.16. The maximum absolute atomic E-state index is 11.6. The van der Waals surface area contributed by atoms with Crippen LogP contribution in [0.2, 0.25) is 0 Å². The first kappa shape index (κ1) is 15.1. The summed E-state index contributed by atoms with van der Waals surface area (Å²) < 4.78 is 4.51. The molecule has 0 aromatic heterocycles. The van der Waals surface area contributed by atoms with Gasteiger partial charge in [0.25, 0.3) is 0 Å². The first-order valence-corrected chi connectivity index (χ1v) is 5.87. The number of esters is 1. The molecule has 2 N–H and O–H groups in total. The van der Waals surface area contributed by atoms with Crippen LogP contribution in [0.5, 0.6) is 0 Å². The molecule has 0 saturated carbocycles. The molecule has 1 aromatic carbocycles. The second-order valence-electron chi connectivity index (χ2n) is 4.12. The van der Waals surface area contributed by atoms with Gasteiger partial charge >= 0.3 is 5.97 Å². The number of hydrogen-bond donors (Lipinski definition) is 2. The fourth-order valence-corrected chi connectivity index (χ4v) is 1.65. The average molecular weight is 262 g/mol. The van der Waals surface area contributed by atoms with Gasteiger partial charge in [0.1, 0.15) is 6.10 Å². The van der Waals surface area contributed by atoms with Gasteiger partial charge in [-0.3, -0.25) is 0 Å². The second-order valence-corrected chi connectivity index (χ2v) is 4.12. The monoisotopic (exact) mass is 262 g/mol. The summed E-state index contributed by atoms with van der Waals surface area (Å²) in [6.07, 6.45) is 2.87. The summed E-state index contributed by atoms with van der Waals surface area (Å²) in [5.74, 6) is -0.891. The Morgan fingerprint density at radius 2 is 2.11 bits per heavy atom. The van der Waals surface area contributed by atoms with Crippen molar-refractivity contribution in [3.8, 4) is 0 Å². The summed E-state index contributed by atoms with van der Waals surface area (Å²) in [4.78, 5) is 11.6. The zero-order chi connectivity index (χ0) is 14.3. The maximum atomic E-state index is 11.6. The van der Waals surface area contributed by atoms with Crippen molar-refractivity contribution in [1.82, 2.24) is 0 Å². The summed E-state index contributed by atoms with van der Waals surface area (Å²) in [5, 5.41) is 20.2. The molecule has 0 aliphatic carbocycles. The molecule has 0 unspecified atom stereocenters. The Hall–Kier alpha value is -1.91. The Balaban J connectivity index is 2.89. The van der Waals surface area contributed by atoms with E-state index in [0.29, 0.717) is 0 Å². The molecule has 0 amide bonds. The highest BCUT2D eigenvalue weighted by Gasteiger charge is 2.42. The highest BCUT2D eigenvalue weighted by molar-refractivity contribution is 5.81. The van der Waals surface area contributed by atoms with Crippen molar-refractivity contribution in [2.45, 2.75) is 18.1 Å². The largest absolute Gasteiger partial charge is 0.467 e. The SMILES string of the molecule is C=CC[C@](O)(C(=O)OC)[C@@H](O)/C=C/c1ccccc1. The fraction of sp³-hybridized carbons (Fsp3) is 0.267. The number of carbonyl (C=O) groups excluding carboxylic acids is 1. The van der Waals surface area contributed by atoms with Crippen molar-refractivity contribution in [2.75, 3.05) is 7.11 Å². The molecular weight excluding hydrogens is 244 g/mol. The van der Waals surface area contributed by atoms with Crippen LogP contribution in [0.25, 0.3) is 6.08 Å². The number of aliphatic hydroxyl groups excluding tert-OH is 1. The number of hydrogen-bond acceptors (Lipinski definition) is 4. The third kappa shape index (κ3) is 3.77. The van der Waals surface area contributed by atoms with E-state index < -0.39 is 17.7 Å². The quantitative estimate of drug-likeness (QED) is 0.603. The normalized spacial score (nSPS) is 15.7. The molecule has 19 heavy (non-hydrogen) atoms. The van der Waals surface area contributed by atoms with Crippen molar-refractivity contribution < 1.29 is 19.7 Å². The molecule has 0 spiro atoms. The van der Waals surface area contributed by atoms with Gasteiger partial charge in [-0.1, -0.05) is 48.6 Å². The van der Waals surface area contributed by atoms with Crippen LogP contribution < -0.4 is 0 Å². The van der Waals surface area contributed by atoms with Gasteiger partial charge in [0, 0.05) is 6.42 Å². The average Bonchev–Trinajstić information content (AvgIpc) is 2.45. The van der Waals surface area contributed by atoms with Crippen molar-refractivity contribution in [1.29, 1.82) is 0 Å².